The van der Waals surface area contributed by atoms with Crippen LogP contribution in [-0.2, 0) is 4.79 Å². The molecule has 1 heterocycles. The zero-order valence-corrected chi connectivity index (χ0v) is 18.9. The van der Waals surface area contributed by atoms with E-state index in [1.807, 2.05) is 30.3 Å². The predicted octanol–water partition coefficient (Wildman–Crippen LogP) is 5.34. The molecule has 34 heavy (non-hydrogen) atoms. The molecule has 3 aromatic rings. The lowest BCUT2D eigenvalue weighted by Crippen LogP contribution is -2.16. The van der Waals surface area contributed by atoms with Crippen molar-refractivity contribution in [2.75, 3.05) is 10.6 Å². The van der Waals surface area contributed by atoms with Crippen LogP contribution in [0.1, 0.15) is 59.8 Å². The van der Waals surface area contributed by atoms with Gasteiger partial charge < -0.3 is 20.2 Å². The van der Waals surface area contributed by atoms with Crippen molar-refractivity contribution in [1.82, 2.24) is 10.2 Å². The summed E-state index contributed by atoms with van der Waals surface area (Å²) in [5.74, 6) is -0.838. The van der Waals surface area contributed by atoms with E-state index in [1.54, 1.807) is 12.1 Å². The highest BCUT2D eigenvalue weighted by molar-refractivity contribution is 6.33. The average Bonchev–Trinajstić information content (AvgIpc) is 3.30. The molecule has 0 bridgehead atoms. The lowest BCUT2D eigenvalue weighted by molar-refractivity contribution is -0.138. The third-order valence-electron chi connectivity index (χ3n) is 5.91. The quantitative estimate of drug-likeness (QED) is 0.412. The summed E-state index contributed by atoms with van der Waals surface area (Å²) in [5.41, 5.74) is 2.65. The number of hydrogen-bond donors (Lipinski definition) is 3. The van der Waals surface area contributed by atoms with Gasteiger partial charge >= 0.3 is 23.8 Å². The van der Waals surface area contributed by atoms with Crippen LogP contribution in [0.15, 0.2) is 46.9 Å². The Hall–Kier alpha value is -3.90. The second-order valence-electron chi connectivity index (χ2n) is 8.24. The van der Waals surface area contributed by atoms with Gasteiger partial charge in [-0.3, -0.25) is 9.59 Å². The highest BCUT2D eigenvalue weighted by Crippen LogP contribution is 2.37. The standard InChI is InChI=1S/C24H22ClN5O4/c25-19-11-15(13-26)3-10-20(19)28-24-30-29-23(34-24)22(33)27-18-8-6-17(7-9-18)16-4-1-14(2-5-16)12-21(31)32/h3,6-11,14,16H,1-2,4-5,12H2,(H,27,33)(H,28,30)(H,31,32). The Morgan fingerprint density at radius 3 is 2.50 bits per heavy atom. The van der Waals surface area contributed by atoms with Crippen LogP contribution in [-0.4, -0.2) is 27.2 Å². The van der Waals surface area contributed by atoms with Crippen molar-refractivity contribution < 1.29 is 19.1 Å². The van der Waals surface area contributed by atoms with Crippen molar-refractivity contribution in [1.29, 1.82) is 5.26 Å². The normalized spacial score (nSPS) is 17.5. The number of nitrogens with one attached hydrogen (secondary N) is 2. The van der Waals surface area contributed by atoms with Crippen LogP contribution in [0.5, 0.6) is 0 Å². The Balaban J connectivity index is 1.33. The summed E-state index contributed by atoms with van der Waals surface area (Å²) >= 11 is 6.12. The molecule has 3 N–H and O–H groups in total. The maximum atomic E-state index is 12.5. The summed E-state index contributed by atoms with van der Waals surface area (Å²) in [6.45, 7) is 0. The fourth-order valence-electron chi connectivity index (χ4n) is 4.14. The van der Waals surface area contributed by atoms with Gasteiger partial charge in [0.25, 0.3) is 0 Å². The topological polar surface area (TPSA) is 141 Å². The number of carboxylic acid groups (broad SMARTS) is 1. The Bertz CT molecular complexity index is 1230. The van der Waals surface area contributed by atoms with Gasteiger partial charge in [-0.2, -0.15) is 5.26 Å². The molecule has 9 nitrogen and oxygen atoms in total. The van der Waals surface area contributed by atoms with Gasteiger partial charge in [0.15, 0.2) is 0 Å². The number of carbonyl (C=O) groups excluding carboxylic acids is 1. The molecule has 0 saturated heterocycles. The molecule has 1 saturated carbocycles. The number of aliphatic carboxylic acids is 1. The minimum atomic E-state index is -0.731. The Morgan fingerprint density at radius 1 is 1.12 bits per heavy atom. The summed E-state index contributed by atoms with van der Waals surface area (Å²) in [6, 6.07) is 14.3. The number of anilines is 3. The molecule has 0 atom stereocenters. The Kier molecular flexibility index (Phi) is 7.09. The number of nitrogens with zero attached hydrogens (tertiary/aromatic N) is 3. The highest BCUT2D eigenvalue weighted by Gasteiger charge is 2.24. The van der Waals surface area contributed by atoms with E-state index in [-0.39, 0.29) is 24.2 Å². The first-order chi connectivity index (χ1) is 16.4. The fourth-order valence-corrected chi connectivity index (χ4v) is 4.36. The molecule has 1 fully saturated rings. The van der Waals surface area contributed by atoms with E-state index in [0.29, 0.717) is 27.9 Å². The van der Waals surface area contributed by atoms with Gasteiger partial charge in [-0.25, -0.2) is 0 Å². The molecule has 0 aliphatic heterocycles. The van der Waals surface area contributed by atoms with E-state index in [2.05, 4.69) is 20.8 Å². The number of benzene rings is 2. The molecule has 0 unspecified atom stereocenters. The van der Waals surface area contributed by atoms with Crippen LogP contribution in [0, 0.1) is 17.2 Å². The maximum absolute atomic E-state index is 12.5. The maximum Gasteiger partial charge on any atom is 0.320 e. The number of hydrogen-bond acceptors (Lipinski definition) is 7. The second kappa shape index (κ2) is 10.4. The van der Waals surface area contributed by atoms with Gasteiger partial charge in [0, 0.05) is 12.1 Å². The molecule has 1 aliphatic rings. The van der Waals surface area contributed by atoms with Crippen LogP contribution in [0.2, 0.25) is 5.02 Å². The van der Waals surface area contributed by atoms with Gasteiger partial charge in [0.1, 0.15) is 0 Å². The van der Waals surface area contributed by atoms with Crippen LogP contribution in [0.3, 0.4) is 0 Å². The highest BCUT2D eigenvalue weighted by atomic mass is 35.5. The predicted molar refractivity (Wildman–Crippen MR) is 125 cm³/mol. The summed E-state index contributed by atoms with van der Waals surface area (Å²) in [6.07, 6.45) is 3.99. The zero-order valence-electron chi connectivity index (χ0n) is 18.1. The number of amides is 1. The monoisotopic (exact) mass is 479 g/mol. The molecule has 4 rings (SSSR count). The minimum absolute atomic E-state index is 0.00870. The number of aromatic nitrogens is 2. The summed E-state index contributed by atoms with van der Waals surface area (Å²) < 4.78 is 5.38. The van der Waals surface area contributed by atoms with Crippen molar-refractivity contribution in [3.05, 3.63) is 64.5 Å². The van der Waals surface area contributed by atoms with Crippen LogP contribution in [0.25, 0.3) is 0 Å². The van der Waals surface area contributed by atoms with Crippen molar-refractivity contribution >= 4 is 40.9 Å². The molecule has 0 spiro atoms. The largest absolute Gasteiger partial charge is 0.481 e. The summed E-state index contributed by atoms with van der Waals surface area (Å²) in [7, 11) is 0. The third-order valence-corrected chi connectivity index (χ3v) is 6.22. The zero-order chi connectivity index (χ0) is 24.1. The number of nitriles is 1. The van der Waals surface area contributed by atoms with E-state index < -0.39 is 11.9 Å². The van der Waals surface area contributed by atoms with E-state index in [4.69, 9.17) is 26.4 Å². The summed E-state index contributed by atoms with van der Waals surface area (Å²) in [4.78, 5) is 23.4. The number of halogens is 1. The van der Waals surface area contributed by atoms with Crippen LogP contribution < -0.4 is 10.6 Å². The van der Waals surface area contributed by atoms with Gasteiger partial charge in [0.05, 0.1) is 22.3 Å². The van der Waals surface area contributed by atoms with Crippen molar-refractivity contribution in [2.24, 2.45) is 5.92 Å². The van der Waals surface area contributed by atoms with Crippen LogP contribution >= 0.6 is 11.6 Å². The van der Waals surface area contributed by atoms with Gasteiger partial charge in [-0.15, -0.1) is 5.10 Å². The molecular formula is C24H22ClN5O4. The lowest BCUT2D eigenvalue weighted by atomic mass is 9.77. The smallest absolute Gasteiger partial charge is 0.320 e. The number of carbonyl (C=O) groups is 2. The molecule has 174 valence electrons. The molecular weight excluding hydrogens is 458 g/mol. The molecule has 1 amide bonds. The molecule has 0 radical (unpaired) electrons. The average molecular weight is 480 g/mol. The minimum Gasteiger partial charge on any atom is -0.481 e. The molecule has 1 aliphatic carbocycles. The van der Waals surface area contributed by atoms with E-state index in [0.717, 1.165) is 25.7 Å². The lowest BCUT2D eigenvalue weighted by Gasteiger charge is -2.28. The van der Waals surface area contributed by atoms with Gasteiger partial charge in [-0.1, -0.05) is 28.8 Å². The van der Waals surface area contributed by atoms with Crippen molar-refractivity contribution in [3.63, 3.8) is 0 Å². The molecule has 2 aromatic carbocycles. The van der Waals surface area contributed by atoms with Crippen molar-refractivity contribution in [3.8, 4) is 6.07 Å². The van der Waals surface area contributed by atoms with Crippen molar-refractivity contribution in [2.45, 2.75) is 38.0 Å². The second-order valence-corrected chi connectivity index (χ2v) is 8.64. The number of rotatable bonds is 7. The van der Waals surface area contributed by atoms with Gasteiger partial charge in [-0.05, 0) is 73.4 Å². The first kappa shape index (κ1) is 23.3. The van der Waals surface area contributed by atoms with E-state index in [1.165, 1.54) is 11.6 Å². The molecule has 10 heteroatoms. The first-order valence-electron chi connectivity index (χ1n) is 10.8. The van der Waals surface area contributed by atoms with E-state index in [9.17, 15) is 9.59 Å². The van der Waals surface area contributed by atoms with E-state index >= 15 is 0 Å². The third kappa shape index (κ3) is 5.71. The van der Waals surface area contributed by atoms with Gasteiger partial charge in [0.2, 0.25) is 0 Å². The Morgan fingerprint density at radius 2 is 1.85 bits per heavy atom. The SMILES string of the molecule is N#Cc1ccc(Nc2nnc(C(=O)Nc3ccc(C4CCC(CC(=O)O)CC4)cc3)o2)c(Cl)c1. The van der Waals surface area contributed by atoms with Crippen LogP contribution in [0.4, 0.5) is 17.4 Å². The fraction of sp³-hybridized carbons (Fsp3) is 0.292. The first-order valence-corrected chi connectivity index (χ1v) is 11.2. The molecule has 1 aromatic heterocycles. The summed E-state index contributed by atoms with van der Waals surface area (Å²) in [5, 5.41) is 31.3. The number of carboxylic acids is 1. The Labute approximate surface area is 200 Å².